The lowest BCUT2D eigenvalue weighted by Crippen LogP contribution is -2.05. The molecule has 0 radical (unpaired) electrons. The molecule has 6 heteroatoms. The molecule has 0 fully saturated rings. The number of benzene rings is 1. The van der Waals surface area contributed by atoms with Gasteiger partial charge in [-0.3, -0.25) is 0 Å². The Balaban J connectivity index is 2.04. The third-order valence-corrected chi connectivity index (χ3v) is 3.67. The predicted molar refractivity (Wildman–Crippen MR) is 89.3 cm³/mol. The SMILES string of the molecule is CCNc1cn2ccnc2c(Nc2ccc(Br)cc2C)n1. The molecule has 2 heterocycles. The summed E-state index contributed by atoms with van der Waals surface area (Å²) in [5.41, 5.74) is 2.97. The van der Waals surface area contributed by atoms with Crippen molar-refractivity contribution in [1.29, 1.82) is 0 Å². The van der Waals surface area contributed by atoms with Crippen LogP contribution in [0.3, 0.4) is 0 Å². The molecule has 0 aliphatic rings. The van der Waals surface area contributed by atoms with Crippen LogP contribution in [0.15, 0.2) is 41.3 Å². The Kier molecular flexibility index (Phi) is 3.79. The standard InChI is InChI=1S/C15H16BrN5/c1-3-17-13-9-21-7-6-18-15(21)14(20-13)19-12-5-4-11(16)8-10(12)2/h4-9,17H,3H2,1-2H3,(H,19,20). The van der Waals surface area contributed by atoms with Gasteiger partial charge in [0.05, 0.1) is 6.20 Å². The van der Waals surface area contributed by atoms with Crippen LogP contribution in [0.25, 0.3) is 5.65 Å². The van der Waals surface area contributed by atoms with E-state index < -0.39 is 0 Å². The number of hydrogen-bond donors (Lipinski definition) is 2. The van der Waals surface area contributed by atoms with Gasteiger partial charge in [0.1, 0.15) is 5.82 Å². The van der Waals surface area contributed by atoms with Crippen molar-refractivity contribution < 1.29 is 0 Å². The molecule has 3 rings (SSSR count). The second-order valence-corrected chi connectivity index (χ2v) is 5.66. The fourth-order valence-corrected chi connectivity index (χ4v) is 2.65. The highest BCUT2D eigenvalue weighted by molar-refractivity contribution is 9.10. The van der Waals surface area contributed by atoms with Crippen molar-refractivity contribution in [2.75, 3.05) is 17.2 Å². The summed E-state index contributed by atoms with van der Waals surface area (Å²) in [6.45, 7) is 4.93. The summed E-state index contributed by atoms with van der Waals surface area (Å²) in [6, 6.07) is 6.10. The van der Waals surface area contributed by atoms with Crippen LogP contribution in [-0.4, -0.2) is 20.9 Å². The number of aryl methyl sites for hydroxylation is 1. The summed E-state index contributed by atoms with van der Waals surface area (Å²) in [5, 5.41) is 6.60. The smallest absolute Gasteiger partial charge is 0.180 e. The molecule has 3 aromatic rings. The Bertz CT molecular complexity index is 781. The summed E-state index contributed by atoms with van der Waals surface area (Å²) in [4.78, 5) is 8.97. The topological polar surface area (TPSA) is 54.2 Å². The first-order chi connectivity index (χ1) is 10.2. The van der Waals surface area contributed by atoms with Gasteiger partial charge in [0, 0.05) is 29.1 Å². The summed E-state index contributed by atoms with van der Waals surface area (Å²) >= 11 is 3.48. The Hall–Kier alpha value is -2.08. The third-order valence-electron chi connectivity index (χ3n) is 3.17. The number of nitrogens with one attached hydrogen (secondary N) is 2. The van der Waals surface area contributed by atoms with Crippen molar-refractivity contribution in [3.63, 3.8) is 0 Å². The van der Waals surface area contributed by atoms with Crippen molar-refractivity contribution in [3.8, 4) is 0 Å². The van der Waals surface area contributed by atoms with Crippen molar-refractivity contribution in [2.45, 2.75) is 13.8 Å². The molecule has 0 unspecified atom stereocenters. The van der Waals surface area contributed by atoms with Gasteiger partial charge < -0.3 is 15.0 Å². The second kappa shape index (κ2) is 5.73. The fourth-order valence-electron chi connectivity index (χ4n) is 2.18. The molecule has 1 aromatic carbocycles. The van der Waals surface area contributed by atoms with Crippen LogP contribution in [-0.2, 0) is 0 Å². The molecule has 0 aliphatic carbocycles. The van der Waals surface area contributed by atoms with Crippen LogP contribution < -0.4 is 10.6 Å². The summed E-state index contributed by atoms with van der Waals surface area (Å²) in [5.74, 6) is 1.56. The van der Waals surface area contributed by atoms with Crippen LogP contribution >= 0.6 is 15.9 Å². The van der Waals surface area contributed by atoms with Crippen LogP contribution in [0.2, 0.25) is 0 Å². The first-order valence-electron chi connectivity index (χ1n) is 6.78. The molecule has 0 bridgehead atoms. The van der Waals surface area contributed by atoms with Crippen LogP contribution in [0, 0.1) is 6.92 Å². The third kappa shape index (κ3) is 2.85. The molecular weight excluding hydrogens is 330 g/mol. The Labute approximate surface area is 131 Å². The van der Waals surface area contributed by atoms with Crippen molar-refractivity contribution in [1.82, 2.24) is 14.4 Å². The quantitative estimate of drug-likeness (QED) is 0.750. The number of imidazole rings is 1. The largest absolute Gasteiger partial charge is 0.369 e. The van der Waals surface area contributed by atoms with Crippen LogP contribution in [0.1, 0.15) is 12.5 Å². The van der Waals surface area contributed by atoms with E-state index in [2.05, 4.69) is 49.5 Å². The van der Waals surface area contributed by atoms with Gasteiger partial charge in [0.2, 0.25) is 0 Å². The predicted octanol–water partition coefficient (Wildman–Crippen LogP) is 3.98. The zero-order chi connectivity index (χ0) is 14.8. The average Bonchev–Trinajstić information content (AvgIpc) is 2.91. The Morgan fingerprint density at radius 1 is 1.33 bits per heavy atom. The van der Waals surface area contributed by atoms with Gasteiger partial charge in [0.25, 0.3) is 0 Å². The van der Waals surface area contributed by atoms with E-state index in [4.69, 9.17) is 0 Å². The van der Waals surface area contributed by atoms with E-state index in [1.165, 1.54) is 0 Å². The maximum absolute atomic E-state index is 4.60. The fraction of sp³-hybridized carbons (Fsp3) is 0.200. The minimum atomic E-state index is 0.740. The summed E-state index contributed by atoms with van der Waals surface area (Å²) in [7, 11) is 0. The van der Waals surface area contributed by atoms with Crippen molar-refractivity contribution >= 4 is 38.9 Å². The summed E-state index contributed by atoms with van der Waals surface area (Å²) < 4.78 is 3.02. The van der Waals surface area contributed by atoms with Gasteiger partial charge in [-0.25, -0.2) is 9.97 Å². The molecule has 0 spiro atoms. The van der Waals surface area contributed by atoms with Crippen LogP contribution in [0.4, 0.5) is 17.3 Å². The van der Waals surface area contributed by atoms with Gasteiger partial charge >= 0.3 is 0 Å². The van der Waals surface area contributed by atoms with Gasteiger partial charge in [-0.15, -0.1) is 0 Å². The first-order valence-corrected chi connectivity index (χ1v) is 7.57. The maximum atomic E-state index is 4.60. The van der Waals surface area contributed by atoms with Crippen molar-refractivity contribution in [3.05, 3.63) is 46.8 Å². The molecule has 0 aliphatic heterocycles. The number of aromatic nitrogens is 3. The Morgan fingerprint density at radius 3 is 2.95 bits per heavy atom. The van der Waals surface area contributed by atoms with Gasteiger partial charge in [-0.2, -0.15) is 0 Å². The number of rotatable bonds is 4. The average molecular weight is 346 g/mol. The zero-order valence-corrected chi connectivity index (χ0v) is 13.5. The number of hydrogen-bond acceptors (Lipinski definition) is 4. The zero-order valence-electron chi connectivity index (χ0n) is 11.9. The van der Waals surface area contributed by atoms with E-state index in [-0.39, 0.29) is 0 Å². The molecule has 5 nitrogen and oxygen atoms in total. The number of halogens is 1. The van der Waals surface area contributed by atoms with E-state index in [9.17, 15) is 0 Å². The van der Waals surface area contributed by atoms with E-state index >= 15 is 0 Å². The summed E-state index contributed by atoms with van der Waals surface area (Å²) in [6.07, 6.45) is 5.62. The van der Waals surface area contributed by atoms with E-state index in [1.807, 2.05) is 35.9 Å². The van der Waals surface area contributed by atoms with Gasteiger partial charge in [-0.05, 0) is 37.6 Å². The minimum absolute atomic E-state index is 0.740. The van der Waals surface area contributed by atoms with Crippen LogP contribution in [0.5, 0.6) is 0 Å². The molecule has 0 saturated heterocycles. The minimum Gasteiger partial charge on any atom is -0.369 e. The lowest BCUT2D eigenvalue weighted by atomic mass is 10.2. The highest BCUT2D eigenvalue weighted by Crippen LogP contribution is 2.25. The van der Waals surface area contributed by atoms with Gasteiger partial charge in [-0.1, -0.05) is 15.9 Å². The lowest BCUT2D eigenvalue weighted by molar-refractivity contribution is 1.09. The highest BCUT2D eigenvalue weighted by atomic mass is 79.9. The number of anilines is 3. The normalized spacial score (nSPS) is 10.8. The molecule has 2 N–H and O–H groups in total. The molecule has 21 heavy (non-hydrogen) atoms. The molecular formula is C15H16BrN5. The number of fused-ring (bicyclic) bond motifs is 1. The lowest BCUT2D eigenvalue weighted by Gasteiger charge is -2.12. The Morgan fingerprint density at radius 2 is 2.19 bits per heavy atom. The number of nitrogens with zero attached hydrogens (tertiary/aromatic N) is 3. The molecule has 0 atom stereocenters. The second-order valence-electron chi connectivity index (χ2n) is 4.75. The molecule has 0 amide bonds. The van der Waals surface area contributed by atoms with E-state index in [0.29, 0.717) is 0 Å². The molecule has 2 aromatic heterocycles. The monoisotopic (exact) mass is 345 g/mol. The van der Waals surface area contributed by atoms with E-state index in [1.54, 1.807) is 6.20 Å². The molecule has 108 valence electrons. The highest BCUT2D eigenvalue weighted by Gasteiger charge is 2.09. The first kappa shape index (κ1) is 13.9. The van der Waals surface area contributed by atoms with Gasteiger partial charge in [0.15, 0.2) is 11.5 Å². The van der Waals surface area contributed by atoms with Crippen molar-refractivity contribution in [2.24, 2.45) is 0 Å². The van der Waals surface area contributed by atoms with E-state index in [0.717, 1.165) is 39.6 Å². The maximum Gasteiger partial charge on any atom is 0.180 e. The molecule has 0 saturated carbocycles.